The summed E-state index contributed by atoms with van der Waals surface area (Å²) in [7, 11) is 0. The molecule has 3 heteroatoms. The van der Waals surface area contributed by atoms with Gasteiger partial charge in [0.1, 0.15) is 5.82 Å². The Morgan fingerprint density at radius 3 is 2.56 bits per heavy atom. The summed E-state index contributed by atoms with van der Waals surface area (Å²) in [4.78, 5) is 0. The zero-order valence-electron chi connectivity index (χ0n) is 10.2. The third-order valence-electron chi connectivity index (χ3n) is 2.18. The maximum absolute atomic E-state index is 13.5. The third kappa shape index (κ3) is 4.14. The standard InChI is InChI=1S/C13H19FOS/c1-9-5-6-11(14)10(7-9)12(15)8-16-13(2,3)4/h5-7,12,15H,8H2,1-4H3. The quantitative estimate of drug-likeness (QED) is 0.872. The van der Waals surface area contributed by atoms with E-state index in [1.807, 2.05) is 6.92 Å². The van der Waals surface area contributed by atoms with Crippen LogP contribution in [0, 0.1) is 12.7 Å². The number of rotatable bonds is 3. The molecular formula is C13H19FOS. The fourth-order valence-electron chi connectivity index (χ4n) is 1.34. The van der Waals surface area contributed by atoms with Crippen LogP contribution in [0.4, 0.5) is 4.39 Å². The highest BCUT2D eigenvalue weighted by Gasteiger charge is 2.17. The molecule has 1 aromatic carbocycles. The maximum atomic E-state index is 13.5. The van der Waals surface area contributed by atoms with Crippen molar-refractivity contribution in [1.82, 2.24) is 0 Å². The van der Waals surface area contributed by atoms with E-state index >= 15 is 0 Å². The van der Waals surface area contributed by atoms with E-state index in [0.717, 1.165) is 5.56 Å². The molecule has 1 nitrogen and oxygen atoms in total. The van der Waals surface area contributed by atoms with Crippen LogP contribution in [-0.2, 0) is 0 Å². The molecule has 0 aromatic heterocycles. The minimum absolute atomic E-state index is 0.0846. The second-order valence-corrected chi connectivity index (χ2v) is 6.81. The monoisotopic (exact) mass is 242 g/mol. The lowest BCUT2D eigenvalue weighted by molar-refractivity contribution is 0.198. The molecule has 1 atom stereocenters. The molecule has 0 aliphatic carbocycles. The molecule has 0 aliphatic heterocycles. The van der Waals surface area contributed by atoms with Crippen molar-refractivity contribution in [2.24, 2.45) is 0 Å². The number of benzene rings is 1. The molecule has 16 heavy (non-hydrogen) atoms. The fourth-order valence-corrected chi connectivity index (χ4v) is 2.17. The van der Waals surface area contributed by atoms with Crippen molar-refractivity contribution in [2.45, 2.75) is 38.5 Å². The van der Waals surface area contributed by atoms with Crippen molar-refractivity contribution in [3.63, 3.8) is 0 Å². The van der Waals surface area contributed by atoms with E-state index < -0.39 is 6.10 Å². The first kappa shape index (κ1) is 13.5. The number of aliphatic hydroxyl groups excluding tert-OH is 1. The van der Waals surface area contributed by atoms with Crippen molar-refractivity contribution in [2.75, 3.05) is 5.75 Å². The van der Waals surface area contributed by atoms with Crippen LogP contribution in [0.2, 0.25) is 0 Å². The zero-order valence-corrected chi connectivity index (χ0v) is 11.1. The highest BCUT2D eigenvalue weighted by atomic mass is 32.2. The second kappa shape index (κ2) is 5.19. The average molecular weight is 242 g/mol. The van der Waals surface area contributed by atoms with Crippen molar-refractivity contribution >= 4 is 11.8 Å². The highest BCUT2D eigenvalue weighted by Crippen LogP contribution is 2.29. The molecule has 90 valence electrons. The van der Waals surface area contributed by atoms with Crippen LogP contribution in [0.3, 0.4) is 0 Å². The van der Waals surface area contributed by atoms with E-state index in [1.54, 1.807) is 23.9 Å². The molecule has 0 amide bonds. The van der Waals surface area contributed by atoms with Crippen molar-refractivity contribution in [3.8, 4) is 0 Å². The molecule has 1 unspecified atom stereocenters. The van der Waals surface area contributed by atoms with Gasteiger partial charge in [-0.05, 0) is 13.0 Å². The van der Waals surface area contributed by atoms with Gasteiger partial charge >= 0.3 is 0 Å². The average Bonchev–Trinajstić information content (AvgIpc) is 2.17. The summed E-state index contributed by atoms with van der Waals surface area (Å²) in [5, 5.41) is 9.93. The molecule has 0 saturated carbocycles. The summed E-state index contributed by atoms with van der Waals surface area (Å²) >= 11 is 1.63. The summed E-state index contributed by atoms with van der Waals surface area (Å²) in [6.07, 6.45) is -0.732. The normalized spacial score (nSPS) is 13.9. The molecule has 0 fully saturated rings. The van der Waals surface area contributed by atoms with Gasteiger partial charge in [-0.3, -0.25) is 0 Å². The van der Waals surface area contributed by atoms with Crippen LogP contribution < -0.4 is 0 Å². The van der Waals surface area contributed by atoms with E-state index in [-0.39, 0.29) is 10.6 Å². The van der Waals surface area contributed by atoms with Crippen molar-refractivity contribution in [3.05, 3.63) is 35.1 Å². The van der Waals surface area contributed by atoms with Crippen LogP contribution in [0.25, 0.3) is 0 Å². The van der Waals surface area contributed by atoms with E-state index in [0.29, 0.717) is 11.3 Å². The lowest BCUT2D eigenvalue weighted by Gasteiger charge is -2.20. The van der Waals surface area contributed by atoms with Crippen LogP contribution >= 0.6 is 11.8 Å². The summed E-state index contributed by atoms with van der Waals surface area (Å²) in [5.74, 6) is 0.191. The minimum Gasteiger partial charge on any atom is -0.387 e. The first-order chi connectivity index (χ1) is 7.29. The van der Waals surface area contributed by atoms with Gasteiger partial charge in [0, 0.05) is 16.1 Å². The molecule has 0 bridgehead atoms. The molecule has 0 spiro atoms. The highest BCUT2D eigenvalue weighted by molar-refractivity contribution is 8.00. The van der Waals surface area contributed by atoms with Gasteiger partial charge in [-0.2, -0.15) is 11.8 Å². The summed E-state index contributed by atoms with van der Waals surface area (Å²) in [6.45, 7) is 8.14. The number of hydrogen-bond acceptors (Lipinski definition) is 2. The fraction of sp³-hybridized carbons (Fsp3) is 0.538. The van der Waals surface area contributed by atoms with E-state index in [4.69, 9.17) is 0 Å². The minimum atomic E-state index is -0.732. The van der Waals surface area contributed by atoms with Gasteiger partial charge in [0.05, 0.1) is 6.10 Å². The van der Waals surface area contributed by atoms with Crippen molar-refractivity contribution in [1.29, 1.82) is 0 Å². The Balaban J connectivity index is 2.73. The number of hydrogen-bond donors (Lipinski definition) is 1. The number of aliphatic hydroxyl groups is 1. The van der Waals surface area contributed by atoms with Crippen LogP contribution in [0.5, 0.6) is 0 Å². The Kier molecular flexibility index (Phi) is 4.39. The van der Waals surface area contributed by atoms with Gasteiger partial charge in [0.25, 0.3) is 0 Å². The lowest BCUT2D eigenvalue weighted by atomic mass is 10.1. The molecule has 0 heterocycles. The Morgan fingerprint density at radius 1 is 1.38 bits per heavy atom. The zero-order chi connectivity index (χ0) is 12.3. The Labute approximate surface area is 101 Å². The predicted octanol–water partition coefficient (Wildman–Crippen LogP) is 3.70. The topological polar surface area (TPSA) is 20.2 Å². The van der Waals surface area contributed by atoms with Gasteiger partial charge in [-0.25, -0.2) is 4.39 Å². The van der Waals surface area contributed by atoms with Gasteiger partial charge < -0.3 is 5.11 Å². The van der Waals surface area contributed by atoms with Gasteiger partial charge in [-0.1, -0.05) is 38.5 Å². The van der Waals surface area contributed by atoms with Gasteiger partial charge in [0.15, 0.2) is 0 Å². The Morgan fingerprint density at radius 2 is 2.00 bits per heavy atom. The summed E-state index contributed by atoms with van der Waals surface area (Å²) in [5.41, 5.74) is 1.37. The molecule has 1 aromatic rings. The van der Waals surface area contributed by atoms with E-state index in [2.05, 4.69) is 20.8 Å². The molecule has 0 aliphatic rings. The summed E-state index contributed by atoms with van der Waals surface area (Å²) < 4.78 is 13.6. The molecule has 0 saturated heterocycles. The smallest absolute Gasteiger partial charge is 0.129 e. The first-order valence-electron chi connectivity index (χ1n) is 5.37. The van der Waals surface area contributed by atoms with E-state index in [1.165, 1.54) is 6.07 Å². The lowest BCUT2D eigenvalue weighted by Crippen LogP contribution is -2.13. The van der Waals surface area contributed by atoms with Gasteiger partial charge in [-0.15, -0.1) is 0 Å². The second-order valence-electron chi connectivity index (χ2n) is 4.96. The molecule has 1 N–H and O–H groups in total. The summed E-state index contributed by atoms with van der Waals surface area (Å²) in [6, 6.07) is 4.83. The number of aryl methyl sites for hydroxylation is 1. The van der Waals surface area contributed by atoms with Crippen molar-refractivity contribution < 1.29 is 9.50 Å². The third-order valence-corrected chi connectivity index (χ3v) is 3.53. The van der Waals surface area contributed by atoms with Gasteiger partial charge in [0.2, 0.25) is 0 Å². The molecule has 1 rings (SSSR count). The molecule has 0 radical (unpaired) electrons. The first-order valence-corrected chi connectivity index (χ1v) is 6.36. The number of halogens is 1. The van der Waals surface area contributed by atoms with Crippen LogP contribution in [-0.4, -0.2) is 15.6 Å². The van der Waals surface area contributed by atoms with E-state index in [9.17, 15) is 9.50 Å². The Hall–Kier alpha value is -0.540. The number of thioether (sulfide) groups is 1. The van der Waals surface area contributed by atoms with Crippen LogP contribution in [0.1, 0.15) is 38.0 Å². The van der Waals surface area contributed by atoms with Crippen LogP contribution in [0.15, 0.2) is 18.2 Å². The predicted molar refractivity (Wildman–Crippen MR) is 68.3 cm³/mol. The SMILES string of the molecule is Cc1ccc(F)c(C(O)CSC(C)(C)C)c1. The Bertz CT molecular complexity index is 357. The molecular weight excluding hydrogens is 223 g/mol. The largest absolute Gasteiger partial charge is 0.387 e. The maximum Gasteiger partial charge on any atom is 0.129 e.